The monoisotopic (exact) mass is 186 g/mol. The standard InChI is InChI=1S/C11H26N2/c1-4-11(8-9-12)7-6-10-13(3)5-2/h11H,4-10,12H2,1-3H3. The average Bonchev–Trinajstić information content (AvgIpc) is 2.16. The fraction of sp³-hybridized carbons (Fsp3) is 1.00. The zero-order chi connectivity index (χ0) is 10.1. The maximum Gasteiger partial charge on any atom is -0.00218 e. The lowest BCUT2D eigenvalue weighted by Gasteiger charge is -2.17. The summed E-state index contributed by atoms with van der Waals surface area (Å²) in [7, 11) is 2.18. The first kappa shape index (κ1) is 12.9. The number of hydrogen-bond acceptors (Lipinski definition) is 2. The first-order valence-electron chi connectivity index (χ1n) is 5.63. The van der Waals surface area contributed by atoms with Crippen molar-refractivity contribution < 1.29 is 0 Å². The van der Waals surface area contributed by atoms with E-state index in [9.17, 15) is 0 Å². The van der Waals surface area contributed by atoms with Gasteiger partial charge in [-0.05, 0) is 51.9 Å². The molecule has 0 amide bonds. The molecule has 0 saturated heterocycles. The van der Waals surface area contributed by atoms with E-state index in [1.165, 1.54) is 32.2 Å². The molecule has 2 heteroatoms. The number of nitrogens with two attached hydrogens (primary N) is 1. The molecular formula is C11H26N2. The molecule has 0 aliphatic heterocycles. The van der Waals surface area contributed by atoms with Crippen LogP contribution in [-0.2, 0) is 0 Å². The Kier molecular flexibility index (Phi) is 8.46. The van der Waals surface area contributed by atoms with Gasteiger partial charge in [0, 0.05) is 0 Å². The summed E-state index contributed by atoms with van der Waals surface area (Å²) < 4.78 is 0. The lowest BCUT2D eigenvalue weighted by Crippen LogP contribution is -2.19. The molecule has 0 heterocycles. The van der Waals surface area contributed by atoms with E-state index in [0.717, 1.165) is 19.0 Å². The van der Waals surface area contributed by atoms with Gasteiger partial charge >= 0.3 is 0 Å². The minimum atomic E-state index is 0.849. The van der Waals surface area contributed by atoms with Crippen molar-refractivity contribution in [3.8, 4) is 0 Å². The maximum absolute atomic E-state index is 5.55. The van der Waals surface area contributed by atoms with Crippen LogP contribution in [0.5, 0.6) is 0 Å². The van der Waals surface area contributed by atoms with Crippen LogP contribution in [0.3, 0.4) is 0 Å². The average molecular weight is 186 g/mol. The molecule has 0 aromatic carbocycles. The van der Waals surface area contributed by atoms with E-state index in [1.807, 2.05) is 0 Å². The van der Waals surface area contributed by atoms with Gasteiger partial charge in [-0.2, -0.15) is 0 Å². The molecular weight excluding hydrogens is 160 g/mol. The van der Waals surface area contributed by atoms with Crippen LogP contribution >= 0.6 is 0 Å². The fourth-order valence-electron chi connectivity index (χ4n) is 1.60. The van der Waals surface area contributed by atoms with Crippen LogP contribution < -0.4 is 5.73 Å². The summed E-state index contributed by atoms with van der Waals surface area (Å²) in [5.74, 6) is 0.857. The second kappa shape index (κ2) is 8.52. The molecule has 0 fully saturated rings. The molecule has 0 aliphatic rings. The Morgan fingerprint density at radius 3 is 2.38 bits per heavy atom. The molecule has 0 aliphatic carbocycles. The minimum Gasteiger partial charge on any atom is -0.330 e. The van der Waals surface area contributed by atoms with Crippen molar-refractivity contribution in [2.45, 2.75) is 39.5 Å². The molecule has 2 nitrogen and oxygen atoms in total. The van der Waals surface area contributed by atoms with Gasteiger partial charge in [0.1, 0.15) is 0 Å². The first-order valence-corrected chi connectivity index (χ1v) is 5.63. The van der Waals surface area contributed by atoms with Crippen molar-refractivity contribution >= 4 is 0 Å². The van der Waals surface area contributed by atoms with Gasteiger partial charge in [0.2, 0.25) is 0 Å². The van der Waals surface area contributed by atoms with Crippen LogP contribution in [0.1, 0.15) is 39.5 Å². The summed E-state index contributed by atoms with van der Waals surface area (Å²) in [6.45, 7) is 7.72. The normalized spacial score (nSPS) is 13.6. The van der Waals surface area contributed by atoms with Gasteiger partial charge in [-0.3, -0.25) is 0 Å². The molecule has 80 valence electrons. The maximum atomic E-state index is 5.55. The molecule has 2 N–H and O–H groups in total. The highest BCUT2D eigenvalue weighted by Gasteiger charge is 2.04. The second-order valence-electron chi connectivity index (χ2n) is 3.89. The Bertz CT molecular complexity index is 104. The molecule has 13 heavy (non-hydrogen) atoms. The number of nitrogens with zero attached hydrogens (tertiary/aromatic N) is 1. The third kappa shape index (κ3) is 7.03. The van der Waals surface area contributed by atoms with Crippen molar-refractivity contribution in [2.24, 2.45) is 11.7 Å². The van der Waals surface area contributed by atoms with Crippen LogP contribution in [0, 0.1) is 5.92 Å². The van der Waals surface area contributed by atoms with E-state index in [-0.39, 0.29) is 0 Å². The predicted octanol–water partition coefficient (Wildman–Crippen LogP) is 2.09. The Hall–Kier alpha value is -0.0800. The van der Waals surface area contributed by atoms with Gasteiger partial charge in [0.05, 0.1) is 0 Å². The third-order valence-electron chi connectivity index (χ3n) is 2.84. The molecule has 1 unspecified atom stereocenters. The largest absolute Gasteiger partial charge is 0.330 e. The molecule has 0 aromatic rings. The third-order valence-corrected chi connectivity index (χ3v) is 2.84. The fourth-order valence-corrected chi connectivity index (χ4v) is 1.60. The van der Waals surface area contributed by atoms with Gasteiger partial charge in [0.15, 0.2) is 0 Å². The summed E-state index contributed by atoms with van der Waals surface area (Å²) >= 11 is 0. The summed E-state index contributed by atoms with van der Waals surface area (Å²) in [6.07, 6.45) is 5.15. The molecule has 0 spiro atoms. The van der Waals surface area contributed by atoms with Gasteiger partial charge in [-0.25, -0.2) is 0 Å². The van der Waals surface area contributed by atoms with Gasteiger partial charge in [-0.15, -0.1) is 0 Å². The summed E-state index contributed by atoms with van der Waals surface area (Å²) in [4.78, 5) is 2.37. The van der Waals surface area contributed by atoms with E-state index < -0.39 is 0 Å². The van der Waals surface area contributed by atoms with E-state index >= 15 is 0 Å². The van der Waals surface area contributed by atoms with Crippen molar-refractivity contribution in [3.05, 3.63) is 0 Å². The summed E-state index contributed by atoms with van der Waals surface area (Å²) in [6, 6.07) is 0. The number of hydrogen-bond donors (Lipinski definition) is 1. The smallest absolute Gasteiger partial charge is 0.00218 e. The zero-order valence-electron chi connectivity index (χ0n) is 9.55. The van der Waals surface area contributed by atoms with E-state index in [0.29, 0.717) is 0 Å². The molecule has 1 atom stereocenters. The van der Waals surface area contributed by atoms with Crippen LogP contribution in [0.25, 0.3) is 0 Å². The highest BCUT2D eigenvalue weighted by atomic mass is 15.1. The molecule has 0 radical (unpaired) electrons. The quantitative estimate of drug-likeness (QED) is 0.629. The Morgan fingerprint density at radius 1 is 1.23 bits per heavy atom. The first-order chi connectivity index (χ1) is 6.24. The van der Waals surface area contributed by atoms with Crippen molar-refractivity contribution in [1.29, 1.82) is 0 Å². The van der Waals surface area contributed by atoms with Crippen LogP contribution in [0.2, 0.25) is 0 Å². The van der Waals surface area contributed by atoms with Crippen molar-refractivity contribution in [2.75, 3.05) is 26.7 Å². The number of rotatable bonds is 8. The van der Waals surface area contributed by atoms with Crippen LogP contribution in [0.4, 0.5) is 0 Å². The lowest BCUT2D eigenvalue weighted by molar-refractivity contribution is 0.320. The van der Waals surface area contributed by atoms with Crippen molar-refractivity contribution in [3.63, 3.8) is 0 Å². The molecule has 0 rings (SSSR count). The minimum absolute atomic E-state index is 0.849. The highest BCUT2D eigenvalue weighted by Crippen LogP contribution is 2.14. The van der Waals surface area contributed by atoms with E-state index in [1.54, 1.807) is 0 Å². The van der Waals surface area contributed by atoms with Crippen LogP contribution in [-0.4, -0.2) is 31.6 Å². The van der Waals surface area contributed by atoms with E-state index in [2.05, 4.69) is 25.8 Å². The van der Waals surface area contributed by atoms with Gasteiger partial charge in [0.25, 0.3) is 0 Å². The highest BCUT2D eigenvalue weighted by molar-refractivity contribution is 4.59. The Morgan fingerprint density at radius 2 is 1.92 bits per heavy atom. The van der Waals surface area contributed by atoms with Gasteiger partial charge < -0.3 is 10.6 Å². The molecule has 0 bridgehead atoms. The zero-order valence-corrected chi connectivity index (χ0v) is 9.55. The molecule has 0 aromatic heterocycles. The Balaban J connectivity index is 3.37. The SMILES string of the molecule is CCC(CCN)CCCN(C)CC. The van der Waals surface area contributed by atoms with E-state index in [4.69, 9.17) is 5.73 Å². The topological polar surface area (TPSA) is 29.3 Å². The van der Waals surface area contributed by atoms with Gasteiger partial charge in [-0.1, -0.05) is 20.3 Å². The van der Waals surface area contributed by atoms with Crippen molar-refractivity contribution in [1.82, 2.24) is 4.90 Å². The van der Waals surface area contributed by atoms with Crippen LogP contribution in [0.15, 0.2) is 0 Å². The second-order valence-corrected chi connectivity index (χ2v) is 3.89. The molecule has 0 saturated carbocycles. The Labute approximate surface area is 83.5 Å². The predicted molar refractivity (Wildman–Crippen MR) is 59.9 cm³/mol. The summed E-state index contributed by atoms with van der Waals surface area (Å²) in [5, 5.41) is 0. The summed E-state index contributed by atoms with van der Waals surface area (Å²) in [5.41, 5.74) is 5.55. The lowest BCUT2D eigenvalue weighted by atomic mass is 9.97.